The molecule has 0 aliphatic rings. The number of rotatable bonds is 1. The number of hydrogen-bond acceptors (Lipinski definition) is 0. The monoisotopic (exact) mass is 590 g/mol. The van der Waals surface area contributed by atoms with E-state index in [1.807, 2.05) is 0 Å². The van der Waals surface area contributed by atoms with Gasteiger partial charge in [-0.05, 0) is 16.3 Å². The summed E-state index contributed by atoms with van der Waals surface area (Å²) in [5.41, 5.74) is 3.97. The first-order valence-electron chi connectivity index (χ1n) is 10.3. The van der Waals surface area contributed by atoms with Crippen LogP contribution in [0.2, 0.25) is 0 Å². The molecule has 6 aromatic carbocycles. The van der Waals surface area contributed by atoms with Crippen LogP contribution in [-0.2, 0) is 23.3 Å². The van der Waals surface area contributed by atoms with Crippen LogP contribution in [0.15, 0.2) is 115 Å². The molecule has 0 nitrogen and oxygen atoms in total. The minimum absolute atomic E-state index is 0. The molecule has 0 unspecified atom stereocenters. The number of benzene rings is 4. The van der Waals surface area contributed by atoms with Crippen molar-refractivity contribution in [1.29, 1.82) is 0 Å². The Morgan fingerprint density at radius 1 is 0.600 bits per heavy atom. The van der Waals surface area contributed by atoms with Gasteiger partial charge in [-0.15, -0.1) is 89.0 Å². The molecule has 2 radical (unpaired) electrons. The van der Waals surface area contributed by atoms with Crippen LogP contribution in [0.3, 0.4) is 0 Å². The maximum atomic E-state index is 3.06. The van der Waals surface area contributed by atoms with Crippen molar-refractivity contribution >= 4 is 64.0 Å². The summed E-state index contributed by atoms with van der Waals surface area (Å²) >= 11 is 1.36. The Morgan fingerprint density at radius 2 is 1.14 bits per heavy atom. The third-order valence-electron chi connectivity index (χ3n) is 5.52. The number of fused-ring (bicyclic) bond motifs is 3. The first kappa shape index (κ1) is 33.0. The van der Waals surface area contributed by atoms with E-state index in [2.05, 4.69) is 129 Å². The van der Waals surface area contributed by atoms with Crippen LogP contribution >= 0.6 is 24.8 Å². The molecule has 35 heavy (non-hydrogen) atoms. The van der Waals surface area contributed by atoms with Gasteiger partial charge in [0.05, 0.1) is 0 Å². The molecular weight excluding hydrogens is 563 g/mol. The maximum absolute atomic E-state index is 3.06. The SMILES string of the molecule is Cc1cc2c(-c3cccc4ccccc34)cccc2[cH-]1.Cl.Cl.[CH3-].[CH3-].[Si]=[Zr].c1ccc2[cH-]ccc2c1. The molecule has 0 fully saturated rings. The zero-order valence-corrected chi connectivity index (χ0v) is 25.4. The van der Waals surface area contributed by atoms with E-state index in [9.17, 15) is 0 Å². The molecule has 6 rings (SSSR count). The molecule has 0 spiro atoms. The Kier molecular flexibility index (Phi) is 15.0. The molecule has 0 saturated carbocycles. The van der Waals surface area contributed by atoms with E-state index in [-0.39, 0.29) is 39.7 Å². The van der Waals surface area contributed by atoms with Crippen LogP contribution in [0.1, 0.15) is 5.56 Å². The summed E-state index contributed by atoms with van der Waals surface area (Å²) in [5.74, 6) is 0. The fourth-order valence-corrected chi connectivity index (χ4v) is 4.15. The smallest absolute Gasteiger partial charge is 0.0809 e. The van der Waals surface area contributed by atoms with Gasteiger partial charge in [-0.1, -0.05) is 67.1 Å². The van der Waals surface area contributed by atoms with E-state index in [1.54, 1.807) is 0 Å². The average molecular weight is 593 g/mol. The Bertz CT molecular complexity index is 1410. The van der Waals surface area contributed by atoms with Crippen molar-refractivity contribution in [3.05, 3.63) is 136 Å². The van der Waals surface area contributed by atoms with E-state index in [0.29, 0.717) is 0 Å². The fourth-order valence-electron chi connectivity index (χ4n) is 4.15. The van der Waals surface area contributed by atoms with Crippen molar-refractivity contribution in [3.8, 4) is 11.1 Å². The molecule has 0 aliphatic carbocycles. The molecule has 0 N–H and O–H groups in total. The van der Waals surface area contributed by atoms with Gasteiger partial charge in [-0.2, -0.15) is 23.6 Å². The summed E-state index contributed by atoms with van der Waals surface area (Å²) in [4.78, 5) is 0. The zero-order chi connectivity index (χ0) is 21.6. The van der Waals surface area contributed by atoms with Gasteiger partial charge in [0.1, 0.15) is 0 Å². The van der Waals surface area contributed by atoms with Gasteiger partial charge < -0.3 is 14.9 Å². The van der Waals surface area contributed by atoms with Crippen molar-refractivity contribution in [2.45, 2.75) is 6.92 Å². The normalized spacial score (nSPS) is 9.14. The van der Waals surface area contributed by atoms with Gasteiger partial charge in [-0.3, -0.25) is 0 Å². The summed E-state index contributed by atoms with van der Waals surface area (Å²) in [5, 5.41) is 7.95. The largest absolute Gasteiger partial charge is 0.168 e. The molecule has 6 aromatic rings. The number of aryl methyl sites for hydroxylation is 1. The third-order valence-corrected chi connectivity index (χ3v) is 5.52. The van der Waals surface area contributed by atoms with Gasteiger partial charge in [0.2, 0.25) is 0 Å². The Labute approximate surface area is 239 Å². The molecule has 0 atom stereocenters. The second-order valence-corrected chi connectivity index (χ2v) is 7.52. The minimum atomic E-state index is 0. The van der Waals surface area contributed by atoms with Gasteiger partial charge in [0.15, 0.2) is 0 Å². The molecule has 0 heterocycles. The number of halogens is 2. The molecule has 0 amide bonds. The van der Waals surface area contributed by atoms with Gasteiger partial charge in [0.25, 0.3) is 0 Å². The molecule has 0 aliphatic heterocycles. The van der Waals surface area contributed by atoms with Crippen LogP contribution in [0, 0.1) is 21.8 Å². The third kappa shape index (κ3) is 7.51. The van der Waals surface area contributed by atoms with Crippen LogP contribution in [0.5, 0.6) is 0 Å². The minimum Gasteiger partial charge on any atom is -0.168 e. The van der Waals surface area contributed by atoms with Crippen molar-refractivity contribution in [2.24, 2.45) is 0 Å². The van der Waals surface area contributed by atoms with Crippen molar-refractivity contribution in [2.75, 3.05) is 0 Å². The van der Waals surface area contributed by atoms with E-state index in [0.717, 1.165) is 0 Å². The van der Waals surface area contributed by atoms with E-state index in [1.165, 1.54) is 72.3 Å². The average Bonchev–Trinajstić information content (AvgIpc) is 3.46. The van der Waals surface area contributed by atoms with Crippen LogP contribution in [0.4, 0.5) is 0 Å². The molecule has 4 heteroatoms. The van der Waals surface area contributed by atoms with E-state index < -0.39 is 0 Å². The Hall–Kier alpha value is -1.96. The zero-order valence-electron chi connectivity index (χ0n) is 20.3. The van der Waals surface area contributed by atoms with Crippen LogP contribution < -0.4 is 0 Å². The summed E-state index contributed by atoms with van der Waals surface area (Å²) in [6, 6.07) is 40.9. The molecule has 0 saturated heterocycles. The summed E-state index contributed by atoms with van der Waals surface area (Å²) in [6.07, 6.45) is 0. The number of hydrogen-bond donors (Lipinski definition) is 0. The van der Waals surface area contributed by atoms with Crippen molar-refractivity contribution in [3.63, 3.8) is 0 Å². The van der Waals surface area contributed by atoms with Gasteiger partial charge in [0, 0.05) is 0 Å². The summed E-state index contributed by atoms with van der Waals surface area (Å²) in [6.45, 7) is 5.22. The summed E-state index contributed by atoms with van der Waals surface area (Å²) in [7, 11) is 0. The van der Waals surface area contributed by atoms with Gasteiger partial charge in [-0.25, -0.2) is 0 Å². The molecule has 0 aromatic heterocycles. The topological polar surface area (TPSA) is 0 Å². The maximum Gasteiger partial charge on any atom is -0.0809 e. The summed E-state index contributed by atoms with van der Waals surface area (Å²) < 4.78 is 0. The van der Waals surface area contributed by atoms with E-state index >= 15 is 0 Å². The molecule has 0 bridgehead atoms. The first-order valence-corrected chi connectivity index (χ1v) is 14.5. The van der Waals surface area contributed by atoms with Crippen LogP contribution in [0.25, 0.3) is 43.4 Å². The Balaban J connectivity index is 0.000000662. The molecular formula is C31H30Cl2SiZr-4. The second-order valence-electron chi connectivity index (χ2n) is 7.52. The predicted molar refractivity (Wildman–Crippen MR) is 160 cm³/mol. The molecule has 180 valence electrons. The second kappa shape index (κ2) is 15.9. The predicted octanol–water partition coefficient (Wildman–Crippen LogP) is 9.61. The van der Waals surface area contributed by atoms with Crippen LogP contribution in [-0.4, -0.2) is 6.88 Å². The van der Waals surface area contributed by atoms with Gasteiger partial charge >= 0.3 is 30.2 Å². The van der Waals surface area contributed by atoms with E-state index in [4.69, 9.17) is 0 Å². The fraction of sp³-hybridized carbons (Fsp3) is 0.0323. The standard InChI is InChI=1S/C20H15.C9H7.2CH3.2ClH.Si.Zr/c1-14-12-16-8-5-11-19(20(16)13-14)18-10-4-7-15-6-2-3-9-17(15)18;1-2-5-9-7-3-6-8(9)4-1;;;;;;/h2-13H,1H3;1-7H;2*1H3;2*1H;;/q4*-1;;;;. The quantitative estimate of drug-likeness (QED) is 0.132. The van der Waals surface area contributed by atoms with Crippen molar-refractivity contribution < 1.29 is 23.3 Å². The van der Waals surface area contributed by atoms with Crippen molar-refractivity contribution in [1.82, 2.24) is 0 Å². The first-order chi connectivity index (χ1) is 15.3. The Morgan fingerprint density at radius 3 is 1.86 bits per heavy atom.